The third kappa shape index (κ3) is 3.92. The van der Waals surface area contributed by atoms with E-state index in [4.69, 9.17) is 33.9 Å². The first-order valence-corrected chi connectivity index (χ1v) is 9.63. The average Bonchev–Trinajstić information content (AvgIpc) is 3.02. The number of nitrogens with zero attached hydrogens (tertiary/aromatic N) is 4. The zero-order valence-electron chi connectivity index (χ0n) is 15.2. The van der Waals surface area contributed by atoms with Gasteiger partial charge in [-0.05, 0) is 43.7 Å². The van der Waals surface area contributed by atoms with Crippen molar-refractivity contribution in [2.24, 2.45) is 5.73 Å². The summed E-state index contributed by atoms with van der Waals surface area (Å²) in [5, 5.41) is 1.21. The summed E-state index contributed by atoms with van der Waals surface area (Å²) in [5.74, 6) is 0.749. The topological polar surface area (TPSA) is 60.0 Å². The molecule has 0 radical (unpaired) electrons. The molecule has 0 saturated carbocycles. The zero-order valence-corrected chi connectivity index (χ0v) is 17.6. The second-order valence-electron chi connectivity index (χ2n) is 6.91. The first kappa shape index (κ1) is 21.1. The molecule has 150 valence electrons. The largest absolute Gasteiger partial charge is 0.340 e. The number of nitrogens with two attached hydrogens (primary N) is 1. The standard InChI is InChI=1S/C19H20Cl2FN5.ClH/c1-11(16-4-2-13(21)9-24-16)27-18-5-3-12(20)8-17(18)25-19(27)26-7-6-14(22)15(23)10-26;/h2-5,8-9,11,14-15H,6-7,10,23H2,1H3;1H/t11-,14-,15-;/m1./s1. The Labute approximate surface area is 179 Å². The summed E-state index contributed by atoms with van der Waals surface area (Å²) in [4.78, 5) is 11.3. The number of fused-ring (bicyclic) bond motifs is 1. The van der Waals surface area contributed by atoms with Crippen molar-refractivity contribution < 1.29 is 4.39 Å². The van der Waals surface area contributed by atoms with Crippen molar-refractivity contribution in [2.75, 3.05) is 18.0 Å². The molecule has 1 aliphatic rings. The van der Waals surface area contributed by atoms with Gasteiger partial charge in [0.15, 0.2) is 0 Å². The van der Waals surface area contributed by atoms with Crippen LogP contribution in [0, 0.1) is 0 Å². The molecule has 5 nitrogen and oxygen atoms in total. The zero-order chi connectivity index (χ0) is 19.1. The van der Waals surface area contributed by atoms with Gasteiger partial charge in [0.2, 0.25) is 5.95 Å². The molecular formula is C19H21Cl3FN5. The maximum absolute atomic E-state index is 13.9. The van der Waals surface area contributed by atoms with E-state index in [1.54, 1.807) is 6.20 Å². The highest BCUT2D eigenvalue weighted by atomic mass is 35.5. The van der Waals surface area contributed by atoms with Crippen LogP contribution in [-0.4, -0.2) is 39.8 Å². The smallest absolute Gasteiger partial charge is 0.207 e. The number of piperidine rings is 1. The van der Waals surface area contributed by atoms with Crippen molar-refractivity contribution in [2.45, 2.75) is 31.6 Å². The molecule has 3 aromatic rings. The van der Waals surface area contributed by atoms with Gasteiger partial charge in [-0.15, -0.1) is 12.4 Å². The number of alkyl halides is 1. The lowest BCUT2D eigenvalue weighted by Gasteiger charge is -2.34. The number of anilines is 1. The number of halogens is 4. The van der Waals surface area contributed by atoms with Gasteiger partial charge in [-0.3, -0.25) is 4.98 Å². The minimum absolute atomic E-state index is 0. The van der Waals surface area contributed by atoms with Crippen LogP contribution in [0.3, 0.4) is 0 Å². The Morgan fingerprint density at radius 1 is 1.21 bits per heavy atom. The average molecular weight is 445 g/mol. The van der Waals surface area contributed by atoms with E-state index < -0.39 is 12.2 Å². The second kappa shape index (κ2) is 8.41. The summed E-state index contributed by atoms with van der Waals surface area (Å²) in [6, 6.07) is 8.72. The summed E-state index contributed by atoms with van der Waals surface area (Å²) in [7, 11) is 0. The van der Waals surface area contributed by atoms with Gasteiger partial charge in [-0.25, -0.2) is 9.37 Å². The molecule has 1 saturated heterocycles. The van der Waals surface area contributed by atoms with Crippen LogP contribution in [0.4, 0.5) is 10.3 Å². The maximum atomic E-state index is 13.9. The summed E-state index contributed by atoms with van der Waals surface area (Å²) in [5.41, 5.74) is 8.56. The minimum Gasteiger partial charge on any atom is -0.340 e. The van der Waals surface area contributed by atoms with E-state index in [1.807, 2.05) is 35.2 Å². The van der Waals surface area contributed by atoms with Crippen LogP contribution >= 0.6 is 35.6 Å². The van der Waals surface area contributed by atoms with Gasteiger partial charge in [-0.1, -0.05) is 23.2 Å². The first-order valence-electron chi connectivity index (χ1n) is 8.87. The molecule has 9 heteroatoms. The maximum Gasteiger partial charge on any atom is 0.207 e. The number of imidazole rings is 1. The quantitative estimate of drug-likeness (QED) is 0.639. The van der Waals surface area contributed by atoms with Gasteiger partial charge >= 0.3 is 0 Å². The van der Waals surface area contributed by atoms with E-state index in [-0.39, 0.29) is 18.4 Å². The van der Waals surface area contributed by atoms with E-state index in [2.05, 4.69) is 16.5 Å². The van der Waals surface area contributed by atoms with Crippen LogP contribution in [0.1, 0.15) is 25.1 Å². The molecule has 4 rings (SSSR count). The minimum atomic E-state index is -0.983. The van der Waals surface area contributed by atoms with Gasteiger partial charge in [-0.2, -0.15) is 0 Å². The Kier molecular flexibility index (Phi) is 6.34. The summed E-state index contributed by atoms with van der Waals surface area (Å²) < 4.78 is 16.0. The van der Waals surface area contributed by atoms with Gasteiger partial charge in [0.1, 0.15) is 6.17 Å². The number of benzene rings is 1. The molecule has 0 bridgehead atoms. The summed E-state index contributed by atoms with van der Waals surface area (Å²) >= 11 is 12.1. The van der Waals surface area contributed by atoms with E-state index >= 15 is 0 Å². The van der Waals surface area contributed by atoms with Crippen molar-refractivity contribution in [1.82, 2.24) is 14.5 Å². The van der Waals surface area contributed by atoms with E-state index in [1.165, 1.54) is 0 Å². The third-order valence-electron chi connectivity index (χ3n) is 5.05. The predicted octanol–water partition coefficient (Wildman–Crippen LogP) is 4.64. The highest BCUT2D eigenvalue weighted by molar-refractivity contribution is 6.31. The van der Waals surface area contributed by atoms with Crippen LogP contribution in [0.2, 0.25) is 10.0 Å². The van der Waals surface area contributed by atoms with Gasteiger partial charge < -0.3 is 15.2 Å². The molecule has 3 heterocycles. The predicted molar refractivity (Wildman–Crippen MR) is 115 cm³/mol. The Bertz CT molecular complexity index is 962. The number of rotatable bonds is 3. The fourth-order valence-electron chi connectivity index (χ4n) is 3.57. The summed E-state index contributed by atoms with van der Waals surface area (Å²) in [6.45, 7) is 3.03. The number of pyridine rings is 1. The molecule has 0 spiro atoms. The van der Waals surface area contributed by atoms with Gasteiger partial charge in [0, 0.05) is 24.3 Å². The summed E-state index contributed by atoms with van der Waals surface area (Å²) in [6.07, 6.45) is 1.04. The highest BCUT2D eigenvalue weighted by Gasteiger charge is 2.30. The Morgan fingerprint density at radius 2 is 1.96 bits per heavy atom. The van der Waals surface area contributed by atoms with Gasteiger partial charge in [0.05, 0.1) is 33.8 Å². The number of aromatic nitrogens is 3. The molecule has 2 aromatic heterocycles. The Balaban J connectivity index is 0.00000225. The molecule has 1 fully saturated rings. The highest BCUT2D eigenvalue weighted by Crippen LogP contribution is 2.32. The van der Waals surface area contributed by atoms with Crippen LogP contribution < -0.4 is 10.6 Å². The lowest BCUT2D eigenvalue weighted by atomic mass is 10.1. The van der Waals surface area contributed by atoms with Crippen molar-refractivity contribution in [3.63, 3.8) is 0 Å². The van der Waals surface area contributed by atoms with Crippen molar-refractivity contribution in [3.05, 3.63) is 52.3 Å². The molecule has 3 atom stereocenters. The first-order chi connectivity index (χ1) is 12.9. The van der Waals surface area contributed by atoms with Crippen molar-refractivity contribution in [3.8, 4) is 0 Å². The van der Waals surface area contributed by atoms with Crippen LogP contribution in [0.5, 0.6) is 0 Å². The Morgan fingerprint density at radius 3 is 2.64 bits per heavy atom. The molecule has 2 N–H and O–H groups in total. The number of hydrogen-bond donors (Lipinski definition) is 1. The molecular weight excluding hydrogens is 424 g/mol. The fraction of sp³-hybridized carbons (Fsp3) is 0.368. The molecule has 0 amide bonds. The lowest BCUT2D eigenvalue weighted by Crippen LogP contribution is -2.50. The van der Waals surface area contributed by atoms with Crippen molar-refractivity contribution in [1.29, 1.82) is 0 Å². The molecule has 1 aromatic carbocycles. The van der Waals surface area contributed by atoms with E-state index in [9.17, 15) is 4.39 Å². The Hall–Kier alpha value is -1.60. The van der Waals surface area contributed by atoms with Crippen LogP contribution in [0.15, 0.2) is 36.5 Å². The molecule has 0 aliphatic carbocycles. The SMILES string of the molecule is C[C@H](c1ccc(Cl)cn1)n1c(N2CC[C@@H](F)[C@H](N)C2)nc2cc(Cl)ccc21.Cl. The van der Waals surface area contributed by atoms with E-state index in [0.717, 1.165) is 22.7 Å². The van der Waals surface area contributed by atoms with E-state index in [0.29, 0.717) is 29.6 Å². The monoisotopic (exact) mass is 443 g/mol. The van der Waals surface area contributed by atoms with Gasteiger partial charge in [0.25, 0.3) is 0 Å². The van der Waals surface area contributed by atoms with Crippen LogP contribution in [-0.2, 0) is 0 Å². The normalized spacial score (nSPS) is 20.8. The molecule has 28 heavy (non-hydrogen) atoms. The third-order valence-corrected chi connectivity index (χ3v) is 5.51. The van der Waals surface area contributed by atoms with Crippen LogP contribution in [0.25, 0.3) is 11.0 Å². The number of hydrogen-bond acceptors (Lipinski definition) is 4. The lowest BCUT2D eigenvalue weighted by molar-refractivity contribution is 0.243. The molecule has 0 unspecified atom stereocenters. The fourth-order valence-corrected chi connectivity index (χ4v) is 3.84. The second-order valence-corrected chi connectivity index (χ2v) is 7.78. The molecule has 1 aliphatic heterocycles. The van der Waals surface area contributed by atoms with Crippen molar-refractivity contribution >= 4 is 52.6 Å².